The molecule has 8 aromatic rings. The second kappa shape index (κ2) is 11.6. The predicted octanol–water partition coefficient (Wildman–Crippen LogP) is 12.1. The van der Waals surface area contributed by atoms with Crippen molar-refractivity contribution < 1.29 is 0 Å². The van der Waals surface area contributed by atoms with E-state index in [0.29, 0.717) is 5.82 Å². The summed E-state index contributed by atoms with van der Waals surface area (Å²) in [5.74, 6) is 0.717. The van der Waals surface area contributed by atoms with E-state index in [1.54, 1.807) is 0 Å². The minimum absolute atomic E-state index is 0.143. The van der Waals surface area contributed by atoms with Crippen LogP contribution in [-0.2, 0) is 10.8 Å². The Balaban J connectivity index is 1.20. The number of hydrogen-bond acceptors (Lipinski definition) is 2. The van der Waals surface area contributed by atoms with Crippen LogP contribution in [-0.4, -0.2) is 9.97 Å². The average molecular weight is 665 g/mol. The molecule has 1 heterocycles. The number of fused-ring (bicyclic) bond motifs is 9. The maximum Gasteiger partial charge on any atom is 0.160 e. The molecule has 246 valence electrons. The maximum absolute atomic E-state index is 5.27. The van der Waals surface area contributed by atoms with Crippen molar-refractivity contribution in [1.29, 1.82) is 0 Å². The molecule has 7 aromatic carbocycles. The van der Waals surface area contributed by atoms with Gasteiger partial charge in [0.05, 0.1) is 16.8 Å². The molecular weight excluding hydrogens is 629 g/mol. The molecule has 10 rings (SSSR count). The highest BCUT2D eigenvalue weighted by molar-refractivity contribution is 5.90. The lowest BCUT2D eigenvalue weighted by Crippen LogP contribution is -2.40. The largest absolute Gasteiger partial charge is 0.228 e. The molecule has 0 aliphatic heterocycles. The van der Waals surface area contributed by atoms with Crippen LogP contribution in [0, 0.1) is 0 Å². The Kier molecular flexibility index (Phi) is 6.78. The van der Waals surface area contributed by atoms with Crippen molar-refractivity contribution in [3.05, 3.63) is 215 Å². The van der Waals surface area contributed by atoms with Gasteiger partial charge in [0.1, 0.15) is 0 Å². The first-order chi connectivity index (χ1) is 25.5. The topological polar surface area (TPSA) is 25.8 Å². The van der Waals surface area contributed by atoms with Crippen molar-refractivity contribution in [3.63, 3.8) is 0 Å². The van der Waals surface area contributed by atoms with Gasteiger partial charge < -0.3 is 0 Å². The fraction of sp³-hybridized carbons (Fsp3) is 0.0800. The van der Waals surface area contributed by atoms with Crippen molar-refractivity contribution >= 4 is 0 Å². The molecule has 0 saturated carbocycles. The zero-order chi connectivity index (χ0) is 34.9. The van der Waals surface area contributed by atoms with Crippen LogP contribution in [0.15, 0.2) is 182 Å². The standard InChI is InChI=1S/C50H36N2/c1-49(2)41-21-11-13-23-43(41)50(44-24-14-12-22-42(44)49)40-20-10-9-19-38(40)39-30-29-37(31-45(39)50)47-32-46(51-48(52-47)36-17-7-4-8-18-36)35-27-25-34(26-28-35)33-15-5-3-6-16-33/h3-32H,1-2H3. The Morgan fingerprint density at radius 3 is 1.40 bits per heavy atom. The van der Waals surface area contributed by atoms with E-state index in [0.717, 1.165) is 28.1 Å². The summed E-state index contributed by atoms with van der Waals surface area (Å²) < 4.78 is 0. The first-order valence-electron chi connectivity index (χ1n) is 18.1. The Labute approximate surface area is 305 Å². The normalized spacial score (nSPS) is 14.3. The summed E-state index contributed by atoms with van der Waals surface area (Å²) in [6.07, 6.45) is 0. The first-order valence-corrected chi connectivity index (χ1v) is 18.1. The fourth-order valence-electron chi connectivity index (χ4n) is 8.94. The van der Waals surface area contributed by atoms with Crippen LogP contribution in [0.2, 0.25) is 0 Å². The number of aromatic nitrogens is 2. The minimum atomic E-state index is -0.462. The van der Waals surface area contributed by atoms with Gasteiger partial charge in [-0.05, 0) is 67.8 Å². The summed E-state index contributed by atoms with van der Waals surface area (Å²) in [7, 11) is 0. The highest BCUT2D eigenvalue weighted by Gasteiger charge is 2.53. The van der Waals surface area contributed by atoms with Crippen LogP contribution in [0.1, 0.15) is 47.2 Å². The molecule has 0 amide bonds. The smallest absolute Gasteiger partial charge is 0.160 e. The lowest BCUT2D eigenvalue weighted by molar-refractivity contribution is 0.563. The summed E-state index contributed by atoms with van der Waals surface area (Å²) in [4.78, 5) is 10.4. The Hall–Kier alpha value is -6.38. The number of hydrogen-bond donors (Lipinski definition) is 0. The third-order valence-corrected chi connectivity index (χ3v) is 11.4. The first kappa shape index (κ1) is 30.4. The van der Waals surface area contributed by atoms with Crippen molar-refractivity contribution in [2.45, 2.75) is 24.7 Å². The molecule has 1 aromatic heterocycles. The van der Waals surface area contributed by atoms with Gasteiger partial charge in [-0.2, -0.15) is 0 Å². The number of rotatable bonds is 4. The van der Waals surface area contributed by atoms with Crippen LogP contribution in [0.3, 0.4) is 0 Å². The molecule has 2 heteroatoms. The molecule has 0 radical (unpaired) electrons. The quantitative estimate of drug-likeness (QED) is 0.187. The lowest BCUT2D eigenvalue weighted by Gasteiger charge is -2.46. The molecule has 2 nitrogen and oxygen atoms in total. The van der Waals surface area contributed by atoms with E-state index in [-0.39, 0.29) is 5.41 Å². The second-order valence-corrected chi connectivity index (χ2v) is 14.5. The highest BCUT2D eigenvalue weighted by atomic mass is 14.9. The average Bonchev–Trinajstić information content (AvgIpc) is 3.51. The number of benzene rings is 7. The molecule has 0 atom stereocenters. The zero-order valence-corrected chi connectivity index (χ0v) is 29.2. The summed E-state index contributed by atoms with van der Waals surface area (Å²) >= 11 is 0. The Morgan fingerprint density at radius 2 is 0.769 bits per heavy atom. The summed E-state index contributed by atoms with van der Waals surface area (Å²) in [6, 6.07) is 65.9. The molecular formula is C50H36N2. The molecule has 0 N–H and O–H groups in total. The van der Waals surface area contributed by atoms with Gasteiger partial charge in [-0.25, -0.2) is 9.97 Å². The van der Waals surface area contributed by atoms with Gasteiger partial charge in [-0.3, -0.25) is 0 Å². The molecule has 2 aliphatic rings. The van der Waals surface area contributed by atoms with E-state index in [4.69, 9.17) is 9.97 Å². The van der Waals surface area contributed by atoms with E-state index in [1.807, 2.05) is 6.07 Å². The van der Waals surface area contributed by atoms with Gasteiger partial charge in [0.15, 0.2) is 5.82 Å². The van der Waals surface area contributed by atoms with Crippen LogP contribution in [0.25, 0.3) is 56.2 Å². The SMILES string of the molecule is CC1(C)c2ccccc2C2(c3ccccc3-c3ccc(-c4cc(-c5ccc(-c6ccccc6)cc5)nc(-c5ccccc5)n4)cc32)c2ccccc21. The summed E-state index contributed by atoms with van der Waals surface area (Å²) in [6.45, 7) is 4.74. The van der Waals surface area contributed by atoms with E-state index in [1.165, 1.54) is 55.6 Å². The summed E-state index contributed by atoms with van der Waals surface area (Å²) in [5.41, 5.74) is 17.4. The Bertz CT molecular complexity index is 2590. The predicted molar refractivity (Wildman–Crippen MR) is 213 cm³/mol. The monoisotopic (exact) mass is 664 g/mol. The van der Waals surface area contributed by atoms with Gasteiger partial charge in [0, 0.05) is 22.1 Å². The van der Waals surface area contributed by atoms with Crippen molar-refractivity contribution in [2.24, 2.45) is 0 Å². The zero-order valence-electron chi connectivity index (χ0n) is 29.2. The van der Waals surface area contributed by atoms with Crippen LogP contribution >= 0.6 is 0 Å². The van der Waals surface area contributed by atoms with Gasteiger partial charge >= 0.3 is 0 Å². The summed E-state index contributed by atoms with van der Waals surface area (Å²) in [5, 5.41) is 0. The van der Waals surface area contributed by atoms with Gasteiger partial charge in [0.25, 0.3) is 0 Å². The van der Waals surface area contributed by atoms with Gasteiger partial charge in [0.2, 0.25) is 0 Å². The second-order valence-electron chi connectivity index (χ2n) is 14.5. The molecule has 52 heavy (non-hydrogen) atoms. The van der Waals surface area contributed by atoms with Gasteiger partial charge in [-0.15, -0.1) is 0 Å². The van der Waals surface area contributed by atoms with E-state index in [2.05, 4.69) is 190 Å². The van der Waals surface area contributed by atoms with Crippen LogP contribution in [0.4, 0.5) is 0 Å². The third kappa shape index (κ3) is 4.44. The molecule has 0 saturated heterocycles. The molecule has 0 bridgehead atoms. The van der Waals surface area contributed by atoms with Crippen molar-refractivity contribution in [1.82, 2.24) is 9.97 Å². The molecule has 1 spiro atoms. The lowest BCUT2D eigenvalue weighted by atomic mass is 9.55. The van der Waals surface area contributed by atoms with Crippen molar-refractivity contribution in [2.75, 3.05) is 0 Å². The van der Waals surface area contributed by atoms with Crippen molar-refractivity contribution in [3.8, 4) is 56.2 Å². The Morgan fingerprint density at radius 1 is 0.327 bits per heavy atom. The number of nitrogens with zero attached hydrogens (tertiary/aromatic N) is 2. The third-order valence-electron chi connectivity index (χ3n) is 11.4. The highest BCUT2D eigenvalue weighted by Crippen LogP contribution is 2.62. The molecule has 2 aliphatic carbocycles. The van der Waals surface area contributed by atoms with E-state index in [9.17, 15) is 0 Å². The van der Waals surface area contributed by atoms with E-state index < -0.39 is 5.41 Å². The minimum Gasteiger partial charge on any atom is -0.228 e. The maximum atomic E-state index is 5.27. The molecule has 0 fully saturated rings. The van der Waals surface area contributed by atoms with Crippen LogP contribution < -0.4 is 0 Å². The fourth-order valence-corrected chi connectivity index (χ4v) is 8.94. The van der Waals surface area contributed by atoms with Gasteiger partial charge in [-0.1, -0.05) is 184 Å². The molecule has 0 unspecified atom stereocenters. The van der Waals surface area contributed by atoms with Crippen LogP contribution in [0.5, 0.6) is 0 Å². The van der Waals surface area contributed by atoms with E-state index >= 15 is 0 Å².